The minimum atomic E-state index is -1.02. The molecule has 0 aromatic heterocycles. The van der Waals surface area contributed by atoms with Gasteiger partial charge in [0.2, 0.25) is 0 Å². The Morgan fingerprint density at radius 1 is 1.07 bits per heavy atom. The number of carbonyl (C=O) groups excluding carboxylic acids is 2. The Morgan fingerprint density at radius 2 is 1.70 bits per heavy atom. The van der Waals surface area contributed by atoms with Gasteiger partial charge in [-0.2, -0.15) is 0 Å². The molecule has 1 atom stereocenters. The van der Waals surface area contributed by atoms with Crippen LogP contribution in [0.3, 0.4) is 0 Å². The Bertz CT molecular complexity index is 932. The number of hydrogen-bond donors (Lipinski definition) is 1. The van der Waals surface area contributed by atoms with E-state index in [1.807, 2.05) is 68.3 Å². The van der Waals surface area contributed by atoms with Crippen LogP contribution < -0.4 is 14.8 Å². The summed E-state index contributed by atoms with van der Waals surface area (Å²) in [4.78, 5) is 29.2. The maximum atomic E-state index is 13.3. The van der Waals surface area contributed by atoms with Crippen LogP contribution in [0.1, 0.15) is 30.0 Å². The van der Waals surface area contributed by atoms with Gasteiger partial charge < -0.3 is 14.8 Å². The van der Waals surface area contributed by atoms with Gasteiger partial charge in [0, 0.05) is 6.54 Å². The van der Waals surface area contributed by atoms with Gasteiger partial charge in [0.15, 0.2) is 11.5 Å². The van der Waals surface area contributed by atoms with Gasteiger partial charge in [-0.1, -0.05) is 37.3 Å². The van der Waals surface area contributed by atoms with Gasteiger partial charge in [0.05, 0.1) is 20.9 Å². The van der Waals surface area contributed by atoms with E-state index in [2.05, 4.69) is 5.32 Å². The molecule has 1 aliphatic rings. The predicted octanol–water partition coefficient (Wildman–Crippen LogP) is 3.26. The highest BCUT2D eigenvalue weighted by Gasteiger charge is 2.51. The molecule has 0 aliphatic carbocycles. The molecule has 0 saturated carbocycles. The second-order valence-corrected chi connectivity index (χ2v) is 7.58. The highest BCUT2D eigenvalue weighted by molar-refractivity contribution is 6.07. The number of aryl methyl sites for hydroxylation is 1. The molecule has 1 fully saturated rings. The topological polar surface area (TPSA) is 71.1 Å². The lowest BCUT2D eigenvalue weighted by molar-refractivity contribution is -0.133. The van der Waals surface area contributed by atoms with Crippen molar-refractivity contribution in [2.75, 3.05) is 27.9 Å². The summed E-state index contributed by atoms with van der Waals surface area (Å²) in [6.45, 7) is 4.64. The quantitative estimate of drug-likeness (QED) is 0.675. The largest absolute Gasteiger partial charge is 0.493 e. The van der Waals surface area contributed by atoms with E-state index < -0.39 is 5.54 Å². The Balaban J connectivity index is 1.78. The van der Waals surface area contributed by atoms with Gasteiger partial charge in [-0.25, -0.2) is 9.69 Å². The van der Waals surface area contributed by atoms with Crippen molar-refractivity contribution in [1.82, 2.24) is 15.1 Å². The maximum Gasteiger partial charge on any atom is 0.326 e. The molecule has 1 saturated heterocycles. The second kappa shape index (κ2) is 8.75. The molecule has 3 amide bonds. The van der Waals surface area contributed by atoms with Crippen molar-refractivity contribution in [3.63, 3.8) is 0 Å². The number of nitrogens with one attached hydrogen (secondary N) is 1. The number of urea groups is 1. The van der Waals surface area contributed by atoms with Gasteiger partial charge in [-0.3, -0.25) is 9.69 Å². The molecule has 0 radical (unpaired) electrons. The fourth-order valence-electron chi connectivity index (χ4n) is 3.89. The summed E-state index contributed by atoms with van der Waals surface area (Å²) in [6, 6.07) is 12.9. The van der Waals surface area contributed by atoms with E-state index in [0.717, 1.165) is 16.7 Å². The van der Waals surface area contributed by atoms with Crippen LogP contribution in [0.4, 0.5) is 4.79 Å². The molecule has 1 N–H and O–H groups in total. The van der Waals surface area contributed by atoms with E-state index >= 15 is 0 Å². The fraction of sp³-hybridized carbons (Fsp3) is 0.391. The van der Waals surface area contributed by atoms with Crippen molar-refractivity contribution >= 4 is 11.9 Å². The van der Waals surface area contributed by atoms with Gasteiger partial charge in [-0.15, -0.1) is 0 Å². The number of methoxy groups -OCH3 is 2. The Labute approximate surface area is 177 Å². The molecule has 7 heteroatoms. The van der Waals surface area contributed by atoms with E-state index in [0.29, 0.717) is 24.5 Å². The van der Waals surface area contributed by atoms with Crippen LogP contribution in [0.25, 0.3) is 0 Å². The molecule has 2 aromatic carbocycles. The number of nitrogens with zero attached hydrogens (tertiary/aromatic N) is 2. The molecule has 160 valence electrons. The summed E-state index contributed by atoms with van der Waals surface area (Å²) in [5.41, 5.74) is 1.86. The number of carbonyl (C=O) groups is 2. The lowest BCUT2D eigenvalue weighted by Crippen LogP contribution is -2.44. The van der Waals surface area contributed by atoms with Crippen LogP contribution in [-0.4, -0.2) is 49.7 Å². The molecule has 1 aliphatic heterocycles. The SMILES string of the molecule is CC[C@]1(c2ccccc2)NC(=O)N(CN(C)Cc2cc(OC)c(OC)cc2C)C1=O. The third-order valence-corrected chi connectivity index (χ3v) is 5.64. The monoisotopic (exact) mass is 411 g/mol. The summed E-state index contributed by atoms with van der Waals surface area (Å²) in [5.74, 6) is 1.10. The first-order valence-electron chi connectivity index (χ1n) is 9.96. The lowest BCUT2D eigenvalue weighted by Gasteiger charge is -2.27. The second-order valence-electron chi connectivity index (χ2n) is 7.58. The summed E-state index contributed by atoms with van der Waals surface area (Å²) >= 11 is 0. The zero-order valence-electron chi connectivity index (χ0n) is 18.2. The van der Waals surface area contributed by atoms with E-state index in [9.17, 15) is 9.59 Å². The first-order chi connectivity index (χ1) is 14.4. The number of hydrogen-bond acceptors (Lipinski definition) is 5. The van der Waals surface area contributed by atoms with Gasteiger partial charge in [-0.05, 0) is 49.2 Å². The third kappa shape index (κ3) is 3.85. The molecule has 1 heterocycles. The molecule has 0 spiro atoms. The average molecular weight is 412 g/mol. The fourth-order valence-corrected chi connectivity index (χ4v) is 3.89. The number of amides is 3. The highest BCUT2D eigenvalue weighted by atomic mass is 16.5. The highest BCUT2D eigenvalue weighted by Crippen LogP contribution is 2.33. The zero-order chi connectivity index (χ0) is 21.9. The smallest absolute Gasteiger partial charge is 0.326 e. The van der Waals surface area contributed by atoms with E-state index in [-0.39, 0.29) is 18.6 Å². The van der Waals surface area contributed by atoms with Crippen LogP contribution >= 0.6 is 0 Å². The van der Waals surface area contributed by atoms with Gasteiger partial charge in [0.25, 0.3) is 5.91 Å². The minimum Gasteiger partial charge on any atom is -0.493 e. The maximum absolute atomic E-state index is 13.3. The summed E-state index contributed by atoms with van der Waals surface area (Å²) < 4.78 is 10.7. The van der Waals surface area contributed by atoms with Crippen LogP contribution in [0.2, 0.25) is 0 Å². The number of benzene rings is 2. The van der Waals surface area contributed by atoms with E-state index in [4.69, 9.17) is 9.47 Å². The van der Waals surface area contributed by atoms with Crippen molar-refractivity contribution in [3.8, 4) is 11.5 Å². The molecule has 7 nitrogen and oxygen atoms in total. The normalized spacial score (nSPS) is 18.7. The van der Waals surface area contributed by atoms with Crippen LogP contribution in [0.15, 0.2) is 42.5 Å². The Kier molecular flexibility index (Phi) is 6.31. The molecule has 0 bridgehead atoms. The zero-order valence-corrected chi connectivity index (χ0v) is 18.2. The summed E-state index contributed by atoms with van der Waals surface area (Å²) in [7, 11) is 5.08. The van der Waals surface area contributed by atoms with E-state index in [1.165, 1.54) is 4.90 Å². The molecule has 0 unspecified atom stereocenters. The van der Waals surface area contributed by atoms with Crippen molar-refractivity contribution in [2.24, 2.45) is 0 Å². The number of ether oxygens (including phenoxy) is 2. The van der Waals surface area contributed by atoms with Crippen molar-refractivity contribution in [2.45, 2.75) is 32.4 Å². The number of imide groups is 1. The van der Waals surface area contributed by atoms with Crippen molar-refractivity contribution < 1.29 is 19.1 Å². The average Bonchev–Trinajstić information content (AvgIpc) is 3.00. The molecular weight excluding hydrogens is 382 g/mol. The standard InChI is InChI=1S/C23H29N3O4/c1-6-23(18-10-8-7-9-11-18)21(27)26(22(28)24-23)15-25(3)14-17-13-20(30-5)19(29-4)12-16(17)2/h7-13H,6,14-15H2,1-5H3,(H,24,28)/t23-/m1/s1. The van der Waals surface area contributed by atoms with Gasteiger partial charge in [0.1, 0.15) is 5.54 Å². The van der Waals surface area contributed by atoms with Crippen molar-refractivity contribution in [1.29, 1.82) is 0 Å². The number of rotatable bonds is 8. The van der Waals surface area contributed by atoms with Crippen molar-refractivity contribution in [3.05, 3.63) is 59.2 Å². The van der Waals surface area contributed by atoms with E-state index in [1.54, 1.807) is 14.2 Å². The molecule has 3 rings (SSSR count). The summed E-state index contributed by atoms with van der Waals surface area (Å²) in [5, 5.41) is 2.92. The molecular formula is C23H29N3O4. The summed E-state index contributed by atoms with van der Waals surface area (Å²) in [6.07, 6.45) is 0.483. The first kappa shape index (κ1) is 21.6. The Morgan fingerprint density at radius 3 is 2.30 bits per heavy atom. The molecule has 30 heavy (non-hydrogen) atoms. The van der Waals surface area contributed by atoms with Gasteiger partial charge >= 0.3 is 6.03 Å². The minimum absolute atomic E-state index is 0.188. The van der Waals surface area contributed by atoms with Crippen LogP contribution in [0.5, 0.6) is 11.5 Å². The third-order valence-electron chi connectivity index (χ3n) is 5.64. The Hall–Kier alpha value is -3.06. The predicted molar refractivity (Wildman–Crippen MR) is 114 cm³/mol. The first-order valence-corrected chi connectivity index (χ1v) is 9.96. The van der Waals surface area contributed by atoms with Crippen LogP contribution in [0, 0.1) is 6.92 Å². The lowest BCUT2D eigenvalue weighted by atomic mass is 9.87. The van der Waals surface area contributed by atoms with Crippen LogP contribution in [-0.2, 0) is 16.9 Å². The molecule has 2 aromatic rings.